The zero-order valence-electron chi connectivity index (χ0n) is 16.4. The van der Waals surface area contributed by atoms with Crippen molar-refractivity contribution in [3.8, 4) is 5.75 Å². The lowest BCUT2D eigenvalue weighted by Gasteiger charge is -2.16. The summed E-state index contributed by atoms with van der Waals surface area (Å²) >= 11 is 0. The maximum Gasteiger partial charge on any atom is 0.258 e. The van der Waals surface area contributed by atoms with Crippen LogP contribution in [0.5, 0.6) is 5.75 Å². The Morgan fingerprint density at radius 3 is 2.60 bits per heavy atom. The summed E-state index contributed by atoms with van der Waals surface area (Å²) in [6, 6.07) is 12.4. The van der Waals surface area contributed by atoms with Crippen LogP contribution in [0.4, 0.5) is 10.3 Å². The Balaban J connectivity index is 1.81. The number of amides is 2. The molecule has 0 saturated heterocycles. The molecule has 2 aromatic carbocycles. The number of hydrogen-bond acceptors (Lipinski definition) is 5. The van der Waals surface area contributed by atoms with Gasteiger partial charge in [-0.2, -0.15) is 0 Å². The highest BCUT2D eigenvalue weighted by atomic mass is 19.1. The number of aryl methyl sites for hydroxylation is 1. The molecule has 2 heterocycles. The van der Waals surface area contributed by atoms with Crippen molar-refractivity contribution in [2.24, 2.45) is 7.05 Å². The van der Waals surface area contributed by atoms with E-state index < -0.39 is 30.5 Å². The monoisotopic (exact) mass is 409 g/mol. The maximum absolute atomic E-state index is 13.8. The number of carbonyl (C=O) groups excluding carboxylic acids is 2. The number of anilines is 1. The van der Waals surface area contributed by atoms with Crippen LogP contribution < -0.4 is 15.4 Å². The van der Waals surface area contributed by atoms with Crippen molar-refractivity contribution in [2.45, 2.75) is 12.0 Å². The number of benzene rings is 2. The molecular weight excluding hydrogens is 389 g/mol. The summed E-state index contributed by atoms with van der Waals surface area (Å²) in [7, 11) is 3.16. The minimum Gasteiger partial charge on any atom is -0.486 e. The van der Waals surface area contributed by atoms with Crippen LogP contribution in [-0.2, 0) is 7.05 Å². The lowest BCUT2D eigenvalue weighted by Crippen LogP contribution is -2.22. The predicted molar refractivity (Wildman–Crippen MR) is 107 cm³/mol. The number of nitrogens with one attached hydrogen (secondary N) is 2. The molecule has 154 valence electrons. The van der Waals surface area contributed by atoms with E-state index in [1.165, 1.54) is 24.1 Å². The summed E-state index contributed by atoms with van der Waals surface area (Å²) in [6.07, 6.45) is 0.668. The molecule has 4 rings (SSSR count). The van der Waals surface area contributed by atoms with Gasteiger partial charge in [0.05, 0.1) is 11.5 Å². The third kappa shape index (κ3) is 3.49. The number of hydrogen-bond donors (Lipinski definition) is 2. The second-order valence-electron chi connectivity index (χ2n) is 6.92. The van der Waals surface area contributed by atoms with Crippen molar-refractivity contribution >= 4 is 17.8 Å². The van der Waals surface area contributed by atoms with Crippen molar-refractivity contribution in [1.82, 2.24) is 20.1 Å². The molecule has 0 fully saturated rings. The summed E-state index contributed by atoms with van der Waals surface area (Å²) < 4.78 is 21.1. The van der Waals surface area contributed by atoms with E-state index in [0.717, 1.165) is 5.56 Å². The minimum atomic E-state index is -0.790. The van der Waals surface area contributed by atoms with Gasteiger partial charge in [0.15, 0.2) is 0 Å². The molecule has 8 nitrogen and oxygen atoms in total. The molecule has 0 aliphatic carbocycles. The number of fused-ring (bicyclic) bond motifs is 1. The summed E-state index contributed by atoms with van der Waals surface area (Å²) in [5.41, 5.74) is 1.82. The van der Waals surface area contributed by atoms with Crippen molar-refractivity contribution in [1.29, 1.82) is 0 Å². The number of ether oxygens (including phenoxy) is 1. The molecule has 1 aliphatic rings. The van der Waals surface area contributed by atoms with Gasteiger partial charge in [0.25, 0.3) is 11.8 Å². The number of rotatable bonds is 5. The molecule has 1 unspecified atom stereocenters. The molecule has 2 N–H and O–H groups in total. The van der Waals surface area contributed by atoms with Crippen molar-refractivity contribution in [3.05, 3.63) is 71.0 Å². The smallest absolute Gasteiger partial charge is 0.258 e. The molecule has 1 aliphatic heterocycles. The van der Waals surface area contributed by atoms with Gasteiger partial charge < -0.3 is 10.1 Å². The van der Waals surface area contributed by atoms with E-state index in [2.05, 4.69) is 20.7 Å². The first-order valence-corrected chi connectivity index (χ1v) is 9.36. The molecule has 0 saturated carbocycles. The maximum atomic E-state index is 13.8. The fourth-order valence-electron chi connectivity index (χ4n) is 3.61. The molecule has 3 aromatic rings. The third-order valence-electron chi connectivity index (χ3n) is 4.96. The molecule has 0 spiro atoms. The van der Waals surface area contributed by atoms with Gasteiger partial charge in [-0.1, -0.05) is 30.3 Å². The highest BCUT2D eigenvalue weighted by molar-refractivity contribution is 6.06. The largest absolute Gasteiger partial charge is 0.486 e. The van der Waals surface area contributed by atoms with Crippen molar-refractivity contribution < 1.29 is 18.7 Å². The minimum absolute atomic E-state index is 0.141. The second kappa shape index (κ2) is 7.94. The van der Waals surface area contributed by atoms with Crippen LogP contribution in [0.3, 0.4) is 0 Å². The van der Waals surface area contributed by atoms with E-state index in [4.69, 9.17) is 4.74 Å². The van der Waals surface area contributed by atoms with Gasteiger partial charge in [0.2, 0.25) is 5.95 Å². The standard InChI is InChI=1S/C21H20FN5O3/c1-23-20(29)15-9-13(19(28)25-21-24-11-27(2)26-21)8-14-17(12-6-4-3-5-7-12)16(10-22)30-18(14)15/h3-9,11,16-17H,10H2,1-2H3,(H,23,29)(H,25,26,28)/t16-,17?/m0/s1. The average Bonchev–Trinajstić information content (AvgIpc) is 3.35. The summed E-state index contributed by atoms with van der Waals surface area (Å²) in [6.45, 7) is -0.735. The third-order valence-corrected chi connectivity index (χ3v) is 4.96. The first-order valence-electron chi connectivity index (χ1n) is 9.36. The first kappa shape index (κ1) is 19.6. The molecular formula is C21H20FN5O3. The quantitative estimate of drug-likeness (QED) is 0.674. The van der Waals surface area contributed by atoms with Crippen molar-refractivity contribution in [3.63, 3.8) is 0 Å². The molecule has 0 bridgehead atoms. The Kier molecular flexibility index (Phi) is 5.18. The highest BCUT2D eigenvalue weighted by Gasteiger charge is 2.39. The van der Waals surface area contributed by atoms with E-state index in [0.29, 0.717) is 11.3 Å². The van der Waals surface area contributed by atoms with Gasteiger partial charge >= 0.3 is 0 Å². The van der Waals surface area contributed by atoms with Crippen LogP contribution in [0.2, 0.25) is 0 Å². The lowest BCUT2D eigenvalue weighted by atomic mass is 9.86. The van der Waals surface area contributed by atoms with Crippen LogP contribution in [0.25, 0.3) is 0 Å². The predicted octanol–water partition coefficient (Wildman–Crippen LogP) is 2.29. The topological polar surface area (TPSA) is 98.1 Å². The zero-order chi connectivity index (χ0) is 21.3. The normalized spacial score (nSPS) is 17.2. The fourth-order valence-corrected chi connectivity index (χ4v) is 3.61. The van der Waals surface area contributed by atoms with Gasteiger partial charge in [-0.25, -0.2) is 9.37 Å². The molecule has 2 amide bonds. The molecule has 0 radical (unpaired) electrons. The van der Waals surface area contributed by atoms with Crippen LogP contribution in [0, 0.1) is 0 Å². The number of halogens is 1. The Morgan fingerprint density at radius 2 is 1.97 bits per heavy atom. The molecule has 2 atom stereocenters. The highest BCUT2D eigenvalue weighted by Crippen LogP contribution is 2.45. The Hall–Kier alpha value is -3.75. The van der Waals surface area contributed by atoms with E-state index in [1.54, 1.807) is 13.1 Å². The molecule has 30 heavy (non-hydrogen) atoms. The summed E-state index contributed by atoms with van der Waals surface area (Å²) in [5, 5.41) is 9.18. The van der Waals surface area contributed by atoms with E-state index in [9.17, 15) is 14.0 Å². The first-order chi connectivity index (χ1) is 14.5. The Labute approximate surface area is 172 Å². The van der Waals surface area contributed by atoms with Crippen molar-refractivity contribution in [2.75, 3.05) is 19.0 Å². The Bertz CT molecular complexity index is 1100. The van der Waals surface area contributed by atoms with E-state index in [1.807, 2.05) is 30.3 Å². The van der Waals surface area contributed by atoms with Crippen LogP contribution in [-0.4, -0.2) is 46.4 Å². The summed E-state index contributed by atoms with van der Waals surface area (Å²) in [4.78, 5) is 29.3. The van der Waals surface area contributed by atoms with Gasteiger partial charge in [-0.15, -0.1) is 5.10 Å². The van der Waals surface area contributed by atoms with Crippen LogP contribution in [0.15, 0.2) is 48.8 Å². The molecule has 9 heteroatoms. The van der Waals surface area contributed by atoms with Crippen LogP contribution in [0.1, 0.15) is 37.8 Å². The van der Waals surface area contributed by atoms with Gasteiger partial charge in [-0.05, 0) is 17.7 Å². The molecule has 1 aromatic heterocycles. The fraction of sp³-hybridized carbons (Fsp3) is 0.238. The van der Waals surface area contributed by atoms with E-state index >= 15 is 0 Å². The van der Waals surface area contributed by atoms with E-state index in [-0.39, 0.29) is 17.1 Å². The van der Waals surface area contributed by atoms with Gasteiger partial charge in [-0.3, -0.25) is 19.6 Å². The zero-order valence-corrected chi connectivity index (χ0v) is 16.4. The second-order valence-corrected chi connectivity index (χ2v) is 6.92. The number of nitrogens with zero attached hydrogens (tertiary/aromatic N) is 3. The lowest BCUT2D eigenvalue weighted by molar-refractivity contribution is 0.0955. The van der Waals surface area contributed by atoms with Gasteiger partial charge in [0.1, 0.15) is 24.9 Å². The Morgan fingerprint density at radius 1 is 1.20 bits per heavy atom. The number of alkyl halides is 1. The number of carbonyl (C=O) groups is 2. The van der Waals surface area contributed by atoms with Gasteiger partial charge in [0, 0.05) is 25.2 Å². The van der Waals surface area contributed by atoms with Crippen LogP contribution >= 0.6 is 0 Å². The summed E-state index contributed by atoms with van der Waals surface area (Å²) in [5.74, 6) is -0.927. The SMILES string of the molecule is CNC(=O)c1cc(C(=O)Nc2ncn(C)n2)cc2c1O[C@@H](CF)C2c1ccccc1. The number of aromatic nitrogens is 3. The average molecular weight is 409 g/mol.